The Balaban J connectivity index is 1.47. The van der Waals surface area contributed by atoms with Crippen LogP contribution < -0.4 is 5.32 Å². The molecule has 0 aliphatic heterocycles. The van der Waals surface area contributed by atoms with Crippen molar-refractivity contribution in [2.45, 2.75) is 64.9 Å². The van der Waals surface area contributed by atoms with Crippen LogP contribution >= 0.6 is 0 Å². The highest BCUT2D eigenvalue weighted by atomic mass is 19.4. The third kappa shape index (κ3) is 5.58. The van der Waals surface area contributed by atoms with Gasteiger partial charge < -0.3 is 15.0 Å². The molecule has 4 rings (SSSR count). The van der Waals surface area contributed by atoms with Gasteiger partial charge in [-0.2, -0.15) is 18.3 Å². The van der Waals surface area contributed by atoms with Crippen LogP contribution in [-0.4, -0.2) is 36.4 Å². The van der Waals surface area contributed by atoms with Crippen LogP contribution in [0.2, 0.25) is 0 Å². The average molecular weight is 490 g/mol. The van der Waals surface area contributed by atoms with Crippen LogP contribution in [0.3, 0.4) is 0 Å². The SMILES string of the molecule is CC(C)(C)[C@@H](Cn1cnc(-c2ccc(C(F)(F)F)cc2)c1)[C@H](O)C(=O)Nc1ccnn1C1CCC1. The van der Waals surface area contributed by atoms with E-state index in [0.717, 1.165) is 31.4 Å². The molecule has 7 nitrogen and oxygen atoms in total. The van der Waals surface area contributed by atoms with Crippen molar-refractivity contribution in [3.05, 3.63) is 54.6 Å². The number of nitrogens with zero attached hydrogens (tertiary/aromatic N) is 4. The molecule has 1 fully saturated rings. The first-order chi connectivity index (χ1) is 16.4. The van der Waals surface area contributed by atoms with E-state index < -0.39 is 35.1 Å². The van der Waals surface area contributed by atoms with Crippen molar-refractivity contribution in [1.82, 2.24) is 19.3 Å². The van der Waals surface area contributed by atoms with Crippen LogP contribution in [0.25, 0.3) is 11.3 Å². The molecule has 2 N–H and O–H groups in total. The fourth-order valence-corrected chi connectivity index (χ4v) is 4.23. The Morgan fingerprint density at radius 3 is 2.43 bits per heavy atom. The maximum Gasteiger partial charge on any atom is 0.416 e. The summed E-state index contributed by atoms with van der Waals surface area (Å²) in [6.45, 7) is 6.13. The zero-order chi connectivity index (χ0) is 25.4. The molecule has 2 heterocycles. The molecule has 2 aromatic heterocycles. The Hall–Kier alpha value is -3.14. The van der Waals surface area contributed by atoms with E-state index in [1.165, 1.54) is 12.1 Å². The van der Waals surface area contributed by atoms with Gasteiger partial charge in [-0.3, -0.25) is 4.79 Å². The largest absolute Gasteiger partial charge is 0.416 e. The third-order valence-electron chi connectivity index (χ3n) is 6.65. The van der Waals surface area contributed by atoms with Gasteiger partial charge in [0, 0.05) is 30.3 Å². The number of alkyl halides is 3. The molecule has 188 valence electrons. The monoisotopic (exact) mass is 489 g/mol. The first-order valence-electron chi connectivity index (χ1n) is 11.7. The minimum Gasteiger partial charge on any atom is -0.383 e. The van der Waals surface area contributed by atoms with E-state index in [9.17, 15) is 23.1 Å². The van der Waals surface area contributed by atoms with E-state index in [2.05, 4.69) is 15.4 Å². The van der Waals surface area contributed by atoms with E-state index in [1.807, 2.05) is 20.8 Å². The van der Waals surface area contributed by atoms with Crippen molar-refractivity contribution < 1.29 is 23.1 Å². The minimum absolute atomic E-state index is 0.269. The Kier molecular flexibility index (Phi) is 6.77. The van der Waals surface area contributed by atoms with Crippen LogP contribution in [0.1, 0.15) is 51.6 Å². The number of amides is 1. The predicted molar refractivity (Wildman–Crippen MR) is 125 cm³/mol. The quantitative estimate of drug-likeness (QED) is 0.481. The number of nitrogens with one attached hydrogen (secondary N) is 1. The lowest BCUT2D eigenvalue weighted by atomic mass is 9.77. The number of hydrogen-bond donors (Lipinski definition) is 2. The van der Waals surface area contributed by atoms with E-state index in [0.29, 0.717) is 23.6 Å². The van der Waals surface area contributed by atoms with Crippen molar-refractivity contribution >= 4 is 11.7 Å². The van der Waals surface area contributed by atoms with Crippen LogP contribution in [0, 0.1) is 11.3 Å². The number of imidazole rings is 1. The zero-order valence-electron chi connectivity index (χ0n) is 20.0. The normalized spacial score (nSPS) is 16.5. The van der Waals surface area contributed by atoms with Crippen LogP contribution in [0.4, 0.5) is 19.0 Å². The molecule has 0 spiro atoms. The number of hydrogen-bond acceptors (Lipinski definition) is 4. The maximum absolute atomic E-state index is 13.0. The van der Waals surface area contributed by atoms with Crippen LogP contribution in [0.5, 0.6) is 0 Å². The molecule has 10 heteroatoms. The van der Waals surface area contributed by atoms with E-state index in [-0.39, 0.29) is 6.04 Å². The van der Waals surface area contributed by atoms with Gasteiger partial charge >= 0.3 is 6.18 Å². The summed E-state index contributed by atoms with van der Waals surface area (Å²) in [6, 6.07) is 6.80. The molecule has 3 aromatic rings. The van der Waals surface area contributed by atoms with E-state index in [4.69, 9.17) is 0 Å². The Morgan fingerprint density at radius 2 is 1.86 bits per heavy atom. The molecule has 1 amide bonds. The molecule has 0 bridgehead atoms. The van der Waals surface area contributed by atoms with Crippen LogP contribution in [0.15, 0.2) is 49.1 Å². The highest BCUT2D eigenvalue weighted by Crippen LogP contribution is 2.35. The number of aromatic nitrogens is 4. The minimum atomic E-state index is -4.40. The van der Waals surface area contributed by atoms with Gasteiger partial charge in [-0.05, 0) is 36.8 Å². The maximum atomic E-state index is 13.0. The summed E-state index contributed by atoms with van der Waals surface area (Å²) in [5, 5.41) is 18.2. The van der Waals surface area contributed by atoms with Crippen molar-refractivity contribution in [1.29, 1.82) is 0 Å². The number of halogens is 3. The molecule has 0 radical (unpaired) electrons. The standard InChI is InChI=1S/C25H30F3N5O2/c1-24(2,3)19(22(34)23(35)31-21-11-12-30-33(21)18-5-4-6-18)13-32-14-20(29-15-32)16-7-9-17(10-8-16)25(26,27)28/h7-12,14-15,18-19,22,34H,4-6,13H2,1-3H3,(H,31,35)/t19-,22-/m0/s1. The first kappa shape index (κ1) is 25.0. The number of benzene rings is 1. The number of carbonyl (C=O) groups excluding carboxylic acids is 1. The van der Waals surface area contributed by atoms with E-state index in [1.54, 1.807) is 34.0 Å². The molecule has 0 unspecified atom stereocenters. The average Bonchev–Trinajstić information content (AvgIpc) is 3.39. The van der Waals surface area contributed by atoms with Gasteiger partial charge in [-0.1, -0.05) is 32.9 Å². The fraction of sp³-hybridized carbons (Fsp3) is 0.480. The van der Waals surface area contributed by atoms with Crippen molar-refractivity contribution in [2.24, 2.45) is 11.3 Å². The Morgan fingerprint density at radius 1 is 1.17 bits per heavy atom. The highest BCUT2D eigenvalue weighted by Gasteiger charge is 2.36. The summed E-state index contributed by atoms with van der Waals surface area (Å²) in [7, 11) is 0. The second-order valence-electron chi connectivity index (χ2n) is 10.2. The van der Waals surface area contributed by atoms with Gasteiger partial charge in [-0.15, -0.1) is 0 Å². The van der Waals surface area contributed by atoms with Gasteiger partial charge in [0.25, 0.3) is 5.91 Å². The predicted octanol–water partition coefficient (Wildman–Crippen LogP) is 5.15. The Labute approximate surface area is 202 Å². The van der Waals surface area contributed by atoms with Crippen LogP contribution in [-0.2, 0) is 17.5 Å². The van der Waals surface area contributed by atoms with Gasteiger partial charge in [-0.25, -0.2) is 9.67 Å². The van der Waals surface area contributed by atoms with Crippen molar-refractivity contribution in [3.8, 4) is 11.3 Å². The molecule has 0 saturated heterocycles. The third-order valence-corrected chi connectivity index (χ3v) is 6.65. The summed E-state index contributed by atoms with van der Waals surface area (Å²) in [4.78, 5) is 17.3. The molecule has 1 aliphatic carbocycles. The molecule has 2 atom stereocenters. The summed E-state index contributed by atoms with van der Waals surface area (Å²) in [5.74, 6) is -0.398. The number of anilines is 1. The highest BCUT2D eigenvalue weighted by molar-refractivity contribution is 5.93. The number of rotatable bonds is 7. The van der Waals surface area contributed by atoms with Gasteiger partial charge in [0.05, 0.1) is 29.8 Å². The lowest BCUT2D eigenvalue weighted by Gasteiger charge is -2.34. The number of carbonyl (C=O) groups is 1. The zero-order valence-corrected chi connectivity index (χ0v) is 20.0. The second-order valence-corrected chi connectivity index (χ2v) is 10.2. The fourth-order valence-electron chi connectivity index (χ4n) is 4.23. The smallest absolute Gasteiger partial charge is 0.383 e. The molecular weight excluding hydrogens is 459 g/mol. The molecule has 1 saturated carbocycles. The first-order valence-corrected chi connectivity index (χ1v) is 11.7. The van der Waals surface area contributed by atoms with Gasteiger partial charge in [0.2, 0.25) is 0 Å². The lowest BCUT2D eigenvalue weighted by Crippen LogP contribution is -2.43. The van der Waals surface area contributed by atoms with Gasteiger partial charge in [0.1, 0.15) is 11.9 Å². The van der Waals surface area contributed by atoms with E-state index >= 15 is 0 Å². The summed E-state index contributed by atoms with van der Waals surface area (Å²) >= 11 is 0. The van der Waals surface area contributed by atoms with Crippen molar-refractivity contribution in [3.63, 3.8) is 0 Å². The topological polar surface area (TPSA) is 85.0 Å². The lowest BCUT2D eigenvalue weighted by molar-refractivity contribution is -0.137. The number of aliphatic hydroxyl groups is 1. The molecule has 1 aromatic carbocycles. The summed E-state index contributed by atoms with van der Waals surface area (Å²) in [5.41, 5.74) is -0.0911. The second kappa shape index (κ2) is 9.49. The summed E-state index contributed by atoms with van der Waals surface area (Å²) < 4.78 is 42.1. The molecule has 35 heavy (non-hydrogen) atoms. The Bertz CT molecular complexity index is 1160. The van der Waals surface area contributed by atoms with Crippen molar-refractivity contribution in [2.75, 3.05) is 5.32 Å². The number of aliphatic hydroxyl groups excluding tert-OH is 1. The molecule has 1 aliphatic rings. The molecular formula is C25H30F3N5O2. The van der Waals surface area contributed by atoms with Gasteiger partial charge in [0.15, 0.2) is 0 Å². The summed E-state index contributed by atoms with van der Waals surface area (Å²) in [6.07, 6.45) is 2.36.